The number of esters is 1. The molecule has 6 nitrogen and oxygen atoms in total. The Labute approximate surface area is 203 Å². The van der Waals surface area contributed by atoms with Crippen molar-refractivity contribution in [3.8, 4) is 0 Å². The minimum Gasteiger partial charge on any atom is -0.454 e. The molecule has 2 bridgehead atoms. The monoisotopic (exact) mass is 472 g/mol. The van der Waals surface area contributed by atoms with Gasteiger partial charge >= 0.3 is 5.97 Å². The number of hydrogen-bond acceptors (Lipinski definition) is 6. The van der Waals surface area contributed by atoms with Crippen LogP contribution in [0.2, 0.25) is 0 Å². The number of carbonyl (C=O) groups excluding carboxylic acids is 2. The Morgan fingerprint density at radius 3 is 2.56 bits per heavy atom. The van der Waals surface area contributed by atoms with E-state index in [1.54, 1.807) is 0 Å². The van der Waals surface area contributed by atoms with Crippen LogP contribution in [0.4, 0.5) is 0 Å². The quantitative estimate of drug-likeness (QED) is 0.484. The summed E-state index contributed by atoms with van der Waals surface area (Å²) in [6.45, 7) is 14.2. The third-order valence-corrected chi connectivity index (χ3v) is 9.79. The van der Waals surface area contributed by atoms with Gasteiger partial charge in [-0.05, 0) is 74.9 Å². The summed E-state index contributed by atoms with van der Waals surface area (Å²) in [7, 11) is 0. The van der Waals surface area contributed by atoms with Crippen LogP contribution in [-0.4, -0.2) is 47.1 Å². The first kappa shape index (κ1) is 24.2. The molecule has 1 N–H and O–H groups in total. The summed E-state index contributed by atoms with van der Waals surface area (Å²) in [6.07, 6.45) is 4.94. The molecule has 6 heteroatoms. The van der Waals surface area contributed by atoms with E-state index in [1.807, 2.05) is 46.8 Å². The summed E-state index contributed by atoms with van der Waals surface area (Å²) in [6, 6.07) is 0. The van der Waals surface area contributed by atoms with E-state index in [1.165, 1.54) is 0 Å². The molecule has 4 aliphatic carbocycles. The molecule has 1 spiro atoms. The molecule has 0 amide bonds. The molecule has 188 valence electrons. The van der Waals surface area contributed by atoms with Crippen LogP contribution < -0.4 is 0 Å². The van der Waals surface area contributed by atoms with Gasteiger partial charge in [-0.25, -0.2) is 0 Å². The van der Waals surface area contributed by atoms with Crippen molar-refractivity contribution >= 4 is 11.8 Å². The lowest BCUT2D eigenvalue weighted by molar-refractivity contribution is -0.301. The zero-order valence-electron chi connectivity index (χ0n) is 21.6. The van der Waals surface area contributed by atoms with Crippen molar-refractivity contribution in [3.05, 3.63) is 23.3 Å². The summed E-state index contributed by atoms with van der Waals surface area (Å²) in [5, 5.41) is 12.8. The Balaban J connectivity index is 1.65. The third-order valence-electron chi connectivity index (χ3n) is 9.79. The fourth-order valence-corrected chi connectivity index (χ4v) is 7.75. The van der Waals surface area contributed by atoms with Crippen molar-refractivity contribution in [2.45, 2.75) is 97.7 Å². The van der Waals surface area contributed by atoms with Gasteiger partial charge < -0.3 is 19.3 Å². The van der Waals surface area contributed by atoms with E-state index in [0.29, 0.717) is 25.2 Å². The van der Waals surface area contributed by atoms with Crippen molar-refractivity contribution in [1.29, 1.82) is 0 Å². The molecule has 0 aromatic carbocycles. The highest BCUT2D eigenvalue weighted by atomic mass is 16.7. The first-order chi connectivity index (χ1) is 15.8. The zero-order chi connectivity index (χ0) is 24.8. The molecule has 0 aromatic rings. The van der Waals surface area contributed by atoms with E-state index in [-0.39, 0.29) is 41.5 Å². The summed E-state index contributed by atoms with van der Waals surface area (Å²) in [5.74, 6) is -1.09. The summed E-state index contributed by atoms with van der Waals surface area (Å²) in [4.78, 5) is 27.6. The first-order valence-electron chi connectivity index (χ1n) is 13.0. The Morgan fingerprint density at radius 1 is 1.24 bits per heavy atom. The summed E-state index contributed by atoms with van der Waals surface area (Å²) in [5.41, 5.74) is -1.25. The number of ketones is 1. The zero-order valence-corrected chi connectivity index (χ0v) is 21.6. The smallest absolute Gasteiger partial charge is 0.309 e. The van der Waals surface area contributed by atoms with Crippen molar-refractivity contribution < 1.29 is 28.9 Å². The van der Waals surface area contributed by atoms with Crippen LogP contribution in [0.5, 0.6) is 0 Å². The predicted octanol–water partition coefficient (Wildman–Crippen LogP) is 4.35. The number of carbonyl (C=O) groups is 2. The van der Waals surface area contributed by atoms with E-state index in [4.69, 9.17) is 14.2 Å². The third kappa shape index (κ3) is 3.04. The Kier molecular flexibility index (Phi) is 5.34. The van der Waals surface area contributed by atoms with Gasteiger partial charge in [-0.15, -0.1) is 0 Å². The predicted molar refractivity (Wildman–Crippen MR) is 127 cm³/mol. The van der Waals surface area contributed by atoms with Crippen LogP contribution in [0.1, 0.15) is 74.1 Å². The molecule has 1 aliphatic heterocycles. The fraction of sp³-hybridized carbons (Fsp3) is 0.786. The molecule has 3 fully saturated rings. The number of allylic oxidation sites excluding steroid dienone is 1. The molecule has 5 aliphatic rings. The molecular formula is C28H40O6. The Hall–Kier alpha value is -1.50. The summed E-state index contributed by atoms with van der Waals surface area (Å²) >= 11 is 0. The van der Waals surface area contributed by atoms with Gasteiger partial charge in [-0.1, -0.05) is 39.8 Å². The van der Waals surface area contributed by atoms with Crippen molar-refractivity contribution in [1.82, 2.24) is 0 Å². The lowest BCUT2D eigenvalue weighted by Gasteiger charge is -2.51. The molecular weight excluding hydrogens is 432 g/mol. The highest BCUT2D eigenvalue weighted by Gasteiger charge is 2.75. The van der Waals surface area contributed by atoms with Gasteiger partial charge in [0.05, 0.1) is 17.9 Å². The molecule has 34 heavy (non-hydrogen) atoms. The SMILES string of the molecule is CCC(CC)C(=O)O[C@H]1C(C)=CC23CCC4[C@H]([C@H](C=C5COC(C)(C)OC5[C@]12O)C3=O)C4(C)C. The lowest BCUT2D eigenvalue weighted by atomic mass is 9.63. The highest BCUT2D eigenvalue weighted by molar-refractivity contribution is 5.95. The molecule has 2 saturated carbocycles. The molecule has 3 unspecified atom stereocenters. The maximum absolute atomic E-state index is 14.4. The van der Waals surface area contributed by atoms with Gasteiger partial charge in [0.25, 0.3) is 0 Å². The maximum atomic E-state index is 14.4. The van der Waals surface area contributed by atoms with Crippen molar-refractivity contribution in [3.63, 3.8) is 0 Å². The molecule has 5 rings (SSSR count). The maximum Gasteiger partial charge on any atom is 0.309 e. The molecule has 1 heterocycles. The van der Waals surface area contributed by atoms with Crippen molar-refractivity contribution in [2.24, 2.45) is 34.5 Å². The molecule has 0 aromatic heterocycles. The van der Waals surface area contributed by atoms with Crippen LogP contribution >= 0.6 is 0 Å². The highest BCUT2D eigenvalue weighted by Crippen LogP contribution is 2.71. The van der Waals surface area contributed by atoms with E-state index in [0.717, 1.165) is 17.6 Å². The van der Waals surface area contributed by atoms with E-state index in [9.17, 15) is 14.7 Å². The average Bonchev–Trinajstić information content (AvgIpc) is 3.29. The topological polar surface area (TPSA) is 82.1 Å². The van der Waals surface area contributed by atoms with Crippen LogP contribution in [0.15, 0.2) is 23.3 Å². The number of hydrogen-bond donors (Lipinski definition) is 1. The van der Waals surface area contributed by atoms with Crippen molar-refractivity contribution in [2.75, 3.05) is 6.61 Å². The number of Topliss-reactive ketones (excluding diaryl/α,β-unsaturated/α-hetero) is 1. The minimum absolute atomic E-state index is 0.0387. The number of ether oxygens (including phenoxy) is 3. The fourth-order valence-electron chi connectivity index (χ4n) is 7.75. The second kappa shape index (κ2) is 7.50. The van der Waals surface area contributed by atoms with E-state index in [2.05, 4.69) is 13.8 Å². The van der Waals surface area contributed by atoms with E-state index < -0.39 is 29.0 Å². The Bertz CT molecular complexity index is 971. The number of aliphatic hydroxyl groups is 1. The summed E-state index contributed by atoms with van der Waals surface area (Å²) < 4.78 is 18.5. The average molecular weight is 473 g/mol. The van der Waals surface area contributed by atoms with E-state index >= 15 is 0 Å². The van der Waals surface area contributed by atoms with Crippen LogP contribution in [0, 0.1) is 34.5 Å². The number of rotatable bonds is 4. The second-order valence-electron chi connectivity index (χ2n) is 12.3. The second-order valence-corrected chi connectivity index (χ2v) is 12.3. The van der Waals surface area contributed by atoms with Crippen LogP contribution in [-0.2, 0) is 23.8 Å². The number of fused-ring (bicyclic) bond motifs is 5. The largest absolute Gasteiger partial charge is 0.454 e. The Morgan fingerprint density at radius 2 is 1.91 bits per heavy atom. The molecule has 0 radical (unpaired) electrons. The normalized spacial score (nSPS) is 43.6. The van der Waals surface area contributed by atoms with Gasteiger partial charge in [0.1, 0.15) is 6.10 Å². The minimum atomic E-state index is -1.71. The lowest BCUT2D eigenvalue weighted by Crippen LogP contribution is -2.66. The molecule has 7 atom stereocenters. The standard InChI is InChI=1S/C28H40O6/c1-8-16(9-2)24(30)33-22-15(3)13-27-11-10-19-20(25(19,4)5)18(21(27)29)12-17-14-32-26(6,7)34-23(17)28(22,27)31/h12-13,16,18-20,22-23,31H,8-11,14H2,1-7H3/t18-,19?,20-,22-,23?,27?,28+/m0/s1. The molecule has 1 saturated heterocycles. The van der Waals surface area contributed by atoms with Gasteiger partial charge in [-0.3, -0.25) is 9.59 Å². The van der Waals surface area contributed by atoms with Gasteiger partial charge in [0.2, 0.25) is 0 Å². The van der Waals surface area contributed by atoms with Gasteiger partial charge in [0, 0.05) is 5.92 Å². The first-order valence-corrected chi connectivity index (χ1v) is 13.0. The van der Waals surface area contributed by atoms with Crippen LogP contribution in [0.3, 0.4) is 0 Å². The van der Waals surface area contributed by atoms with Gasteiger partial charge in [-0.2, -0.15) is 0 Å². The van der Waals surface area contributed by atoms with Crippen LogP contribution in [0.25, 0.3) is 0 Å². The van der Waals surface area contributed by atoms with Gasteiger partial charge in [0.15, 0.2) is 23.3 Å².